The maximum atomic E-state index is 5.61. The van der Waals surface area contributed by atoms with Crippen molar-refractivity contribution in [3.63, 3.8) is 0 Å². The molecule has 4 nitrogen and oxygen atoms in total. The summed E-state index contributed by atoms with van der Waals surface area (Å²) in [5, 5.41) is 3.55. The maximum absolute atomic E-state index is 5.61. The predicted molar refractivity (Wildman–Crippen MR) is 139 cm³/mol. The van der Waals surface area contributed by atoms with E-state index in [9.17, 15) is 0 Å². The van der Waals surface area contributed by atoms with Gasteiger partial charge in [0.1, 0.15) is 0 Å². The van der Waals surface area contributed by atoms with Crippen molar-refractivity contribution < 1.29 is 4.74 Å². The highest BCUT2D eigenvalue weighted by Crippen LogP contribution is 2.36. The molecule has 3 rings (SSSR count). The lowest BCUT2D eigenvalue weighted by molar-refractivity contribution is 0.0793. The minimum Gasteiger partial charge on any atom is -0.381 e. The van der Waals surface area contributed by atoms with E-state index in [1.165, 1.54) is 17.1 Å². The van der Waals surface area contributed by atoms with Crippen LogP contribution in [0.1, 0.15) is 33.1 Å². The van der Waals surface area contributed by atoms with E-state index in [1.807, 2.05) is 11.8 Å². The number of guanidine groups is 1. The molecule has 7 heteroatoms. The third-order valence-electron chi connectivity index (χ3n) is 5.52. The van der Waals surface area contributed by atoms with E-state index in [4.69, 9.17) is 9.73 Å². The summed E-state index contributed by atoms with van der Waals surface area (Å²) in [4.78, 5) is 8.96. The molecule has 0 amide bonds. The lowest BCUT2D eigenvalue weighted by Gasteiger charge is -2.35. The maximum Gasteiger partial charge on any atom is 0.193 e. The molecule has 2 aliphatic heterocycles. The third kappa shape index (κ3) is 7.82. The molecule has 164 valence electrons. The number of halogens is 1. The van der Waals surface area contributed by atoms with E-state index in [0.29, 0.717) is 0 Å². The molecule has 1 N–H and O–H groups in total. The molecular formula is C22H36IN3OS2. The summed E-state index contributed by atoms with van der Waals surface area (Å²) in [6.45, 7) is 10.2. The van der Waals surface area contributed by atoms with Crippen LogP contribution in [-0.2, 0) is 4.74 Å². The van der Waals surface area contributed by atoms with Crippen molar-refractivity contribution in [2.45, 2.75) is 42.8 Å². The number of likely N-dealkylation sites (tertiary alicyclic amines) is 1. The predicted octanol–water partition coefficient (Wildman–Crippen LogP) is 4.99. The molecule has 0 spiro atoms. The Morgan fingerprint density at radius 2 is 2.00 bits per heavy atom. The van der Waals surface area contributed by atoms with Gasteiger partial charge in [0, 0.05) is 48.2 Å². The SMILES string of the molecule is CCNC(=NCC1(SCC)CCOCC1)N1CCC(CSc2ccccc2)C1.I. The first-order valence-corrected chi connectivity index (χ1v) is 12.6. The van der Waals surface area contributed by atoms with Crippen LogP contribution >= 0.6 is 47.5 Å². The molecule has 1 atom stereocenters. The van der Waals surface area contributed by atoms with Gasteiger partial charge in [0.15, 0.2) is 5.96 Å². The van der Waals surface area contributed by atoms with Crippen molar-refractivity contribution >= 4 is 53.5 Å². The van der Waals surface area contributed by atoms with Crippen LogP contribution in [-0.4, -0.2) is 66.5 Å². The van der Waals surface area contributed by atoms with Gasteiger partial charge in [0.05, 0.1) is 6.54 Å². The van der Waals surface area contributed by atoms with Gasteiger partial charge in [-0.25, -0.2) is 0 Å². The molecule has 2 aliphatic rings. The Morgan fingerprint density at radius 1 is 1.24 bits per heavy atom. The van der Waals surface area contributed by atoms with Crippen LogP contribution in [0.25, 0.3) is 0 Å². The zero-order valence-corrected chi connectivity index (χ0v) is 21.7. The Balaban J connectivity index is 0.00000300. The van der Waals surface area contributed by atoms with Crippen LogP contribution in [0.15, 0.2) is 40.2 Å². The van der Waals surface area contributed by atoms with Crippen LogP contribution < -0.4 is 5.32 Å². The number of thioether (sulfide) groups is 2. The lowest BCUT2D eigenvalue weighted by atomic mass is 9.99. The number of hydrogen-bond donors (Lipinski definition) is 1. The summed E-state index contributed by atoms with van der Waals surface area (Å²) < 4.78 is 5.87. The van der Waals surface area contributed by atoms with Crippen LogP contribution in [0.3, 0.4) is 0 Å². The van der Waals surface area contributed by atoms with E-state index >= 15 is 0 Å². The van der Waals surface area contributed by atoms with Gasteiger partial charge in [0.25, 0.3) is 0 Å². The molecule has 1 unspecified atom stereocenters. The number of nitrogens with zero attached hydrogens (tertiary/aromatic N) is 2. The quantitative estimate of drug-likeness (QED) is 0.214. The zero-order chi connectivity index (χ0) is 19.7. The van der Waals surface area contributed by atoms with Gasteiger partial charge < -0.3 is 15.0 Å². The van der Waals surface area contributed by atoms with E-state index in [0.717, 1.165) is 69.9 Å². The van der Waals surface area contributed by atoms with Crippen LogP contribution in [0.5, 0.6) is 0 Å². The number of rotatable bonds is 8. The van der Waals surface area contributed by atoms with Gasteiger partial charge in [0.2, 0.25) is 0 Å². The molecule has 0 aromatic heterocycles. The molecule has 0 aliphatic carbocycles. The second kappa shape index (κ2) is 13.3. The average Bonchev–Trinajstić information content (AvgIpc) is 3.20. The van der Waals surface area contributed by atoms with Crippen LogP contribution in [0.4, 0.5) is 0 Å². The molecule has 0 radical (unpaired) electrons. The van der Waals surface area contributed by atoms with Crippen LogP contribution in [0, 0.1) is 5.92 Å². The summed E-state index contributed by atoms with van der Waals surface area (Å²) in [6, 6.07) is 10.8. The number of nitrogens with one attached hydrogen (secondary N) is 1. The highest BCUT2D eigenvalue weighted by molar-refractivity contribution is 14.0. The Labute approximate surface area is 202 Å². The first-order valence-electron chi connectivity index (χ1n) is 10.7. The minimum absolute atomic E-state index is 0. The smallest absolute Gasteiger partial charge is 0.193 e. The van der Waals surface area contributed by atoms with Gasteiger partial charge in [-0.05, 0) is 50.0 Å². The molecule has 2 heterocycles. The van der Waals surface area contributed by atoms with Crippen LogP contribution in [0.2, 0.25) is 0 Å². The highest BCUT2D eigenvalue weighted by atomic mass is 127. The van der Waals surface area contributed by atoms with E-state index in [-0.39, 0.29) is 28.7 Å². The summed E-state index contributed by atoms with van der Waals surface area (Å²) in [5.74, 6) is 4.18. The molecule has 1 aromatic carbocycles. The Morgan fingerprint density at radius 3 is 2.69 bits per heavy atom. The van der Waals surface area contributed by atoms with Crippen molar-refractivity contribution in [3.8, 4) is 0 Å². The highest BCUT2D eigenvalue weighted by Gasteiger charge is 2.33. The van der Waals surface area contributed by atoms with E-state index in [1.54, 1.807) is 0 Å². The summed E-state index contributed by atoms with van der Waals surface area (Å²) in [7, 11) is 0. The van der Waals surface area contributed by atoms with Crippen molar-refractivity contribution in [2.75, 3.05) is 50.9 Å². The minimum atomic E-state index is 0. The fraction of sp³-hybridized carbons (Fsp3) is 0.682. The molecule has 0 bridgehead atoms. The molecule has 29 heavy (non-hydrogen) atoms. The fourth-order valence-electron chi connectivity index (χ4n) is 3.93. The largest absolute Gasteiger partial charge is 0.381 e. The second-order valence-corrected chi connectivity index (χ2v) is 10.4. The standard InChI is InChI=1S/C22H35N3OS2.HI/c1-3-23-21(24-18-22(28-4-2)11-14-26-15-12-22)25-13-10-19(16-25)17-27-20-8-6-5-7-9-20;/h5-9,19H,3-4,10-18H2,1-2H3,(H,23,24);1H. The van der Waals surface area contributed by atoms with E-state index in [2.05, 4.69) is 66.2 Å². The van der Waals surface area contributed by atoms with E-state index < -0.39 is 0 Å². The molecule has 0 saturated carbocycles. The van der Waals surface area contributed by atoms with Crippen molar-refractivity contribution in [2.24, 2.45) is 10.9 Å². The van der Waals surface area contributed by atoms with Crippen molar-refractivity contribution in [1.29, 1.82) is 0 Å². The van der Waals surface area contributed by atoms with Gasteiger partial charge >= 0.3 is 0 Å². The Kier molecular flexibility index (Phi) is 11.6. The van der Waals surface area contributed by atoms with Gasteiger partial charge in [-0.2, -0.15) is 11.8 Å². The Hall–Kier alpha value is -0.120. The van der Waals surface area contributed by atoms with Crippen molar-refractivity contribution in [3.05, 3.63) is 30.3 Å². The molecular weight excluding hydrogens is 513 g/mol. The fourth-order valence-corrected chi connectivity index (χ4v) is 6.21. The average molecular weight is 550 g/mol. The molecule has 2 saturated heterocycles. The first kappa shape index (κ1) is 25.1. The molecule has 2 fully saturated rings. The van der Waals surface area contributed by atoms with Gasteiger partial charge in [-0.3, -0.25) is 4.99 Å². The number of hydrogen-bond acceptors (Lipinski definition) is 4. The lowest BCUT2D eigenvalue weighted by Crippen LogP contribution is -2.42. The third-order valence-corrected chi connectivity index (χ3v) is 8.20. The number of aliphatic imine (C=N–C) groups is 1. The normalized spacial score (nSPS) is 21.7. The molecule has 1 aromatic rings. The Bertz CT molecular complexity index is 606. The van der Waals surface area contributed by atoms with Crippen molar-refractivity contribution in [1.82, 2.24) is 10.2 Å². The zero-order valence-electron chi connectivity index (χ0n) is 17.8. The first-order chi connectivity index (χ1) is 13.7. The van der Waals surface area contributed by atoms with Gasteiger partial charge in [-0.15, -0.1) is 35.7 Å². The number of benzene rings is 1. The second-order valence-electron chi connectivity index (χ2n) is 7.62. The summed E-state index contributed by atoms with van der Waals surface area (Å²) >= 11 is 4.05. The summed E-state index contributed by atoms with van der Waals surface area (Å²) in [5.41, 5.74) is 0. The monoisotopic (exact) mass is 549 g/mol. The summed E-state index contributed by atoms with van der Waals surface area (Å²) in [6.07, 6.45) is 3.49. The van der Waals surface area contributed by atoms with Gasteiger partial charge in [-0.1, -0.05) is 25.1 Å². The number of ether oxygens (including phenoxy) is 1. The topological polar surface area (TPSA) is 36.9 Å².